The molecule has 0 saturated carbocycles. The van der Waals surface area contributed by atoms with Crippen molar-refractivity contribution in [1.82, 2.24) is 30.8 Å². The van der Waals surface area contributed by atoms with Gasteiger partial charge in [0.05, 0.1) is 54.8 Å². The number of carbonyl (C=O) groups is 4. The molecule has 7 N–H and O–H groups in total. The van der Waals surface area contributed by atoms with Crippen LogP contribution in [0, 0.1) is 0 Å². The van der Waals surface area contributed by atoms with Gasteiger partial charge < -0.3 is 41.1 Å². The zero-order valence-corrected chi connectivity index (χ0v) is 44.1. The molecule has 0 saturated heterocycles. The number of aliphatic hydroxyl groups is 2. The fraction of sp³-hybridized carbons (Fsp3) is 0.333. The number of aromatic nitrogens is 2. The summed E-state index contributed by atoms with van der Waals surface area (Å²) in [5, 5.41) is 33.1. The van der Waals surface area contributed by atoms with Crippen LogP contribution >= 0.6 is 46.4 Å². The lowest BCUT2D eigenvalue weighted by molar-refractivity contribution is -0.138. The number of nitrogens with one attached hydrogen (secondary N) is 5. The van der Waals surface area contributed by atoms with Crippen LogP contribution in [-0.4, -0.2) is 100 Å². The summed E-state index contributed by atoms with van der Waals surface area (Å²) in [5.74, 6) is -0.0721. The number of halogens is 10. The van der Waals surface area contributed by atoms with Gasteiger partial charge >= 0.3 is 24.5 Å². The van der Waals surface area contributed by atoms with Crippen molar-refractivity contribution in [2.45, 2.75) is 78.9 Å². The van der Waals surface area contributed by atoms with E-state index in [0.29, 0.717) is 46.4 Å². The Hall–Kier alpha value is -6.46. The van der Waals surface area contributed by atoms with Crippen LogP contribution < -0.4 is 31.3 Å². The summed E-state index contributed by atoms with van der Waals surface area (Å²) in [4.78, 5) is 56.2. The van der Waals surface area contributed by atoms with E-state index in [1.165, 1.54) is 18.7 Å². The number of urea groups is 1. The average molecular weight is 1190 g/mol. The number of benzene rings is 3. The van der Waals surface area contributed by atoms with E-state index < -0.39 is 57.9 Å². The molecular weight excluding hydrogens is 1130 g/mol. The van der Waals surface area contributed by atoms with E-state index in [0.717, 1.165) is 78.3 Å². The van der Waals surface area contributed by atoms with Crippen molar-refractivity contribution >= 4 is 92.9 Å². The lowest BCUT2D eigenvalue weighted by atomic mass is 10.0. The molecule has 2 atom stereocenters. The molecule has 5 aromatic rings. The Kier molecular flexibility index (Phi) is 26.5. The number of hydrogen-bond acceptors (Lipinski definition) is 10. The smallest absolute Gasteiger partial charge is 0.410 e. The van der Waals surface area contributed by atoms with Crippen molar-refractivity contribution < 1.29 is 60.5 Å². The van der Waals surface area contributed by atoms with Crippen molar-refractivity contribution in [2.75, 3.05) is 49.9 Å². The molecule has 5 amide bonds. The van der Waals surface area contributed by atoms with Gasteiger partial charge in [-0.3, -0.25) is 24.9 Å². The van der Waals surface area contributed by atoms with Gasteiger partial charge in [-0.15, -0.1) is 0 Å². The standard InChI is InChI=1S/C23H23Cl2F3N4O3.C15H20ClN3O2.C14H9ClF3NO2.2CH4/c1-13(33)29-12-17(34)8-14-9-20(25)21(30-11-14)15-4-6-32(7-5-15)22(35)31-16-2-3-18(19(24)10-16)23(26,27)28;1-10(20)18-9-13(21)6-11-7-14(16)15(19-8-11)12-2-4-17-5-3-12;15-12-8-9(6-7-11(12)14(16,17)18)19-13(20)21-10-4-2-1-3-5-10;;/h2-4,9-11,17,34H,5-8,12H2,1H3,(H,29,33)(H,31,35);2,7-8,13,17,21H,3-6,9H2,1H3,(H,18,20);1-8H,(H,19,20);2*1H4/t17-;13-;;;/m11.../s1. The quantitative estimate of drug-likeness (QED) is 0.0555. The Bertz CT molecular complexity index is 2940. The summed E-state index contributed by atoms with van der Waals surface area (Å²) in [5.41, 5.74) is 3.29. The fourth-order valence-corrected chi connectivity index (χ4v) is 8.55. The summed E-state index contributed by atoms with van der Waals surface area (Å²) in [6.45, 7) is 5.51. The van der Waals surface area contributed by atoms with Crippen LogP contribution in [0.1, 0.15) is 75.2 Å². The molecule has 2 aliphatic heterocycles. The van der Waals surface area contributed by atoms with Crippen molar-refractivity contribution in [1.29, 1.82) is 0 Å². The lowest BCUT2D eigenvalue weighted by Crippen LogP contribution is -2.38. The highest BCUT2D eigenvalue weighted by Gasteiger charge is 2.34. The monoisotopic (exact) mass is 1190 g/mol. The van der Waals surface area contributed by atoms with Crippen LogP contribution in [0.15, 0.2) is 103 Å². The molecule has 0 bridgehead atoms. The zero-order valence-electron chi connectivity index (χ0n) is 41.1. The Balaban J connectivity index is 0.000000324. The number of carbonyl (C=O) groups excluding carboxylic acids is 4. The number of pyridine rings is 2. The highest BCUT2D eigenvalue weighted by atomic mass is 35.5. The first-order valence-electron chi connectivity index (χ1n) is 23.4. The minimum atomic E-state index is -4.58. The number of para-hydroxylation sites is 1. The van der Waals surface area contributed by atoms with E-state index in [1.807, 2.05) is 12.1 Å². The van der Waals surface area contributed by atoms with Crippen LogP contribution in [0.2, 0.25) is 20.1 Å². The van der Waals surface area contributed by atoms with Gasteiger partial charge in [-0.25, -0.2) is 9.59 Å². The molecule has 15 nitrogen and oxygen atoms in total. The summed E-state index contributed by atoms with van der Waals surface area (Å²) in [7, 11) is 0. The minimum absolute atomic E-state index is 0. The molecule has 428 valence electrons. The number of alkyl halides is 6. The Morgan fingerprint density at radius 1 is 0.671 bits per heavy atom. The third-order valence-electron chi connectivity index (χ3n) is 11.1. The number of rotatable bonds is 13. The topological polar surface area (TPSA) is 207 Å². The molecule has 3 aromatic carbocycles. The number of amides is 5. The van der Waals surface area contributed by atoms with Gasteiger partial charge in [-0.2, -0.15) is 26.3 Å². The van der Waals surface area contributed by atoms with Gasteiger partial charge in [0.15, 0.2) is 0 Å². The van der Waals surface area contributed by atoms with Crippen molar-refractivity contribution in [3.8, 4) is 5.75 Å². The molecule has 7 rings (SSSR count). The number of ether oxygens (including phenoxy) is 1. The molecule has 0 unspecified atom stereocenters. The maximum atomic E-state index is 12.8. The first kappa shape index (κ1) is 66.8. The first-order valence-corrected chi connectivity index (χ1v) is 24.9. The van der Waals surface area contributed by atoms with E-state index in [4.69, 9.17) is 51.1 Å². The Morgan fingerprint density at radius 3 is 1.56 bits per heavy atom. The molecule has 79 heavy (non-hydrogen) atoms. The van der Waals surface area contributed by atoms with Crippen LogP contribution in [0.4, 0.5) is 47.3 Å². The van der Waals surface area contributed by atoms with Gasteiger partial charge in [-0.05, 0) is 102 Å². The average Bonchev–Trinajstić information content (AvgIpc) is 3.36. The number of hydrogen-bond donors (Lipinski definition) is 7. The predicted octanol–water partition coefficient (Wildman–Crippen LogP) is 12.2. The zero-order chi connectivity index (χ0) is 56.5. The molecule has 0 aliphatic carbocycles. The third-order valence-corrected chi connectivity index (χ3v) is 12.3. The molecule has 0 radical (unpaired) electrons. The van der Waals surface area contributed by atoms with E-state index in [-0.39, 0.29) is 64.1 Å². The molecule has 0 fully saturated rings. The van der Waals surface area contributed by atoms with Crippen molar-refractivity contribution in [3.63, 3.8) is 0 Å². The van der Waals surface area contributed by atoms with Crippen molar-refractivity contribution in [2.24, 2.45) is 0 Å². The minimum Gasteiger partial charge on any atom is -0.410 e. The maximum Gasteiger partial charge on any atom is 0.417 e. The molecular formula is C54H60Cl4F6N8O7. The molecule has 4 heterocycles. The Labute approximate surface area is 473 Å². The largest absolute Gasteiger partial charge is 0.417 e. The van der Waals surface area contributed by atoms with Crippen molar-refractivity contribution in [3.05, 3.63) is 157 Å². The number of aliphatic hydroxyl groups excluding tert-OH is 2. The SMILES string of the molecule is C.C.CC(=O)NC[C@H](O)Cc1cnc(C2=CCN(C(=O)Nc3ccc(C(F)(F)F)c(Cl)c3)CC2)c(Cl)c1.CC(=O)NC[C@H](O)Cc1cnc(C2=CCNCC2)c(Cl)c1.O=C(Nc1ccc(C(F)(F)F)c(Cl)c1)Oc1ccccc1. The molecule has 2 aliphatic rings. The van der Waals surface area contributed by atoms with Gasteiger partial charge in [-0.1, -0.05) is 91.6 Å². The van der Waals surface area contributed by atoms with Gasteiger partial charge in [0, 0.05) is 83.2 Å². The van der Waals surface area contributed by atoms with E-state index in [2.05, 4.69) is 42.6 Å². The highest BCUT2D eigenvalue weighted by Crippen LogP contribution is 2.37. The number of anilines is 2. The first-order chi connectivity index (χ1) is 36.4. The second kappa shape index (κ2) is 31.4. The van der Waals surface area contributed by atoms with Gasteiger partial charge in [0.25, 0.3) is 0 Å². The summed E-state index contributed by atoms with van der Waals surface area (Å²) >= 11 is 24.0. The highest BCUT2D eigenvalue weighted by molar-refractivity contribution is 6.33. The van der Waals surface area contributed by atoms with Gasteiger partial charge in [0.2, 0.25) is 11.8 Å². The predicted molar refractivity (Wildman–Crippen MR) is 296 cm³/mol. The molecule has 0 spiro atoms. The van der Waals surface area contributed by atoms with Crippen LogP contribution in [0.5, 0.6) is 5.75 Å². The van der Waals surface area contributed by atoms with E-state index >= 15 is 0 Å². The Morgan fingerprint density at radius 2 is 1.15 bits per heavy atom. The van der Waals surface area contributed by atoms with E-state index in [1.54, 1.807) is 48.8 Å². The maximum absolute atomic E-state index is 12.8. The van der Waals surface area contributed by atoms with Crippen LogP contribution in [0.25, 0.3) is 11.1 Å². The number of nitrogens with zero attached hydrogens (tertiary/aromatic N) is 3. The van der Waals surface area contributed by atoms with Crippen LogP contribution in [0.3, 0.4) is 0 Å². The fourth-order valence-electron chi connectivity index (χ4n) is 7.36. The summed E-state index contributed by atoms with van der Waals surface area (Å²) < 4.78 is 81.1. The third kappa shape index (κ3) is 22.0. The molecule has 2 aromatic heterocycles. The normalized spacial score (nSPS) is 13.8. The summed E-state index contributed by atoms with van der Waals surface area (Å²) in [6.07, 6.45) is -2.04. The van der Waals surface area contributed by atoms with Gasteiger partial charge in [0.1, 0.15) is 5.75 Å². The lowest BCUT2D eigenvalue weighted by Gasteiger charge is -2.27. The van der Waals surface area contributed by atoms with Crippen LogP contribution in [-0.2, 0) is 34.8 Å². The summed E-state index contributed by atoms with van der Waals surface area (Å²) in [6, 6.07) is 17.2. The molecule has 25 heteroatoms. The second-order valence-corrected chi connectivity index (χ2v) is 18.8. The van der Waals surface area contributed by atoms with E-state index in [9.17, 15) is 55.7 Å². The second-order valence-electron chi connectivity index (χ2n) is 17.2.